The number of anilines is 1. The van der Waals surface area contributed by atoms with Crippen LogP contribution in [0.25, 0.3) is 10.9 Å². The maximum atomic E-state index is 4.90. The summed E-state index contributed by atoms with van der Waals surface area (Å²) in [5.41, 5.74) is 6.92. The molecule has 3 nitrogen and oxygen atoms in total. The van der Waals surface area contributed by atoms with Gasteiger partial charge < -0.3 is 9.47 Å². The number of aromatic nitrogens is 2. The van der Waals surface area contributed by atoms with Crippen molar-refractivity contribution in [2.24, 2.45) is 0 Å². The van der Waals surface area contributed by atoms with Crippen molar-refractivity contribution in [3.63, 3.8) is 0 Å². The lowest BCUT2D eigenvalue weighted by Crippen LogP contribution is -2.33. The Hall–Kier alpha value is -3.07. The van der Waals surface area contributed by atoms with Gasteiger partial charge in [0.2, 0.25) is 0 Å². The van der Waals surface area contributed by atoms with Gasteiger partial charge in [0, 0.05) is 36.9 Å². The van der Waals surface area contributed by atoms with Crippen LogP contribution >= 0.6 is 0 Å². The predicted molar refractivity (Wildman–Crippen MR) is 130 cm³/mol. The lowest BCUT2D eigenvalue weighted by molar-refractivity contribution is 0.503. The van der Waals surface area contributed by atoms with Gasteiger partial charge in [0.05, 0.1) is 5.52 Å². The molecule has 1 aliphatic rings. The molecule has 1 fully saturated rings. The average Bonchev–Trinajstić information content (AvgIpc) is 3.09. The summed E-state index contributed by atoms with van der Waals surface area (Å²) in [4.78, 5) is 7.42. The first-order valence-electron chi connectivity index (χ1n) is 11.5. The number of piperidine rings is 1. The van der Waals surface area contributed by atoms with Crippen molar-refractivity contribution < 1.29 is 0 Å². The van der Waals surface area contributed by atoms with Gasteiger partial charge >= 0.3 is 0 Å². The van der Waals surface area contributed by atoms with E-state index in [-0.39, 0.29) is 0 Å². The molecule has 2 aromatic heterocycles. The molecule has 1 saturated heterocycles. The monoisotopic (exact) mass is 409 g/mol. The van der Waals surface area contributed by atoms with Gasteiger partial charge in [0.15, 0.2) is 5.82 Å². The van der Waals surface area contributed by atoms with Crippen LogP contribution in [0.1, 0.15) is 41.1 Å². The first-order chi connectivity index (χ1) is 15.2. The van der Waals surface area contributed by atoms with E-state index in [0.717, 1.165) is 31.9 Å². The van der Waals surface area contributed by atoms with Gasteiger partial charge in [-0.15, -0.1) is 0 Å². The van der Waals surface area contributed by atoms with E-state index in [0.29, 0.717) is 5.92 Å². The Bertz CT molecular complexity index is 1150. The van der Waals surface area contributed by atoms with Crippen molar-refractivity contribution in [3.8, 4) is 0 Å². The molecule has 3 heterocycles. The summed E-state index contributed by atoms with van der Waals surface area (Å²) in [6.45, 7) is 7.62. The van der Waals surface area contributed by atoms with Crippen LogP contribution in [-0.2, 0) is 13.0 Å². The van der Waals surface area contributed by atoms with E-state index in [1.165, 1.54) is 46.1 Å². The average molecular weight is 410 g/mol. The molecule has 0 amide bonds. The zero-order valence-electron chi connectivity index (χ0n) is 18.6. The Morgan fingerprint density at radius 3 is 2.26 bits per heavy atom. The van der Waals surface area contributed by atoms with E-state index in [2.05, 4.69) is 90.0 Å². The SMILES string of the molecule is Cc1c(C)n(CCc2ccccc2)c2c(N3CCC(c4ccccc4)CC3)nccc12. The molecule has 0 atom stereocenters. The molecule has 3 heteroatoms. The van der Waals surface area contributed by atoms with Gasteiger partial charge in [0.1, 0.15) is 0 Å². The van der Waals surface area contributed by atoms with E-state index >= 15 is 0 Å². The molecule has 1 aliphatic heterocycles. The van der Waals surface area contributed by atoms with Crippen molar-refractivity contribution >= 4 is 16.7 Å². The van der Waals surface area contributed by atoms with Crippen LogP contribution in [0.15, 0.2) is 72.9 Å². The third-order valence-corrected chi connectivity index (χ3v) is 7.06. The first-order valence-corrected chi connectivity index (χ1v) is 11.5. The highest BCUT2D eigenvalue weighted by molar-refractivity contribution is 5.93. The minimum Gasteiger partial charge on any atom is -0.355 e. The number of fused-ring (bicyclic) bond motifs is 1. The maximum absolute atomic E-state index is 4.90. The molecule has 158 valence electrons. The number of nitrogens with zero attached hydrogens (tertiary/aromatic N) is 3. The van der Waals surface area contributed by atoms with Gasteiger partial charge in [-0.2, -0.15) is 0 Å². The summed E-state index contributed by atoms with van der Waals surface area (Å²) >= 11 is 0. The summed E-state index contributed by atoms with van der Waals surface area (Å²) in [7, 11) is 0. The van der Waals surface area contributed by atoms with Gasteiger partial charge in [-0.25, -0.2) is 4.98 Å². The standard InChI is InChI=1S/C28H31N3/c1-21-22(2)31(20-14-23-9-5-3-6-10-23)27-26(21)13-17-29-28(27)30-18-15-25(16-19-30)24-11-7-4-8-12-24/h3-13,17,25H,14-16,18-20H2,1-2H3. The zero-order valence-corrected chi connectivity index (χ0v) is 18.6. The first kappa shape index (κ1) is 19.9. The smallest absolute Gasteiger partial charge is 0.153 e. The van der Waals surface area contributed by atoms with Crippen molar-refractivity contribution in [1.29, 1.82) is 0 Å². The Morgan fingerprint density at radius 1 is 0.871 bits per heavy atom. The number of hydrogen-bond acceptors (Lipinski definition) is 2. The molecule has 31 heavy (non-hydrogen) atoms. The van der Waals surface area contributed by atoms with Crippen molar-refractivity contribution in [2.45, 2.75) is 45.6 Å². The zero-order chi connectivity index (χ0) is 21.2. The molecule has 0 bridgehead atoms. The van der Waals surface area contributed by atoms with E-state index in [1.807, 2.05) is 6.20 Å². The van der Waals surface area contributed by atoms with Gasteiger partial charge in [-0.05, 0) is 61.8 Å². The number of benzene rings is 2. The number of rotatable bonds is 5. The summed E-state index contributed by atoms with van der Waals surface area (Å²) in [6.07, 6.45) is 5.40. The van der Waals surface area contributed by atoms with E-state index < -0.39 is 0 Å². The Labute approximate surface area is 185 Å². The third kappa shape index (κ3) is 3.85. The van der Waals surface area contributed by atoms with Gasteiger partial charge in [0.25, 0.3) is 0 Å². The Morgan fingerprint density at radius 2 is 1.55 bits per heavy atom. The fraction of sp³-hybridized carbons (Fsp3) is 0.321. The summed E-state index contributed by atoms with van der Waals surface area (Å²) in [6, 6.07) is 24.0. The second-order valence-corrected chi connectivity index (χ2v) is 8.80. The van der Waals surface area contributed by atoms with Crippen molar-refractivity contribution in [3.05, 3.63) is 95.3 Å². The molecule has 4 aromatic rings. The van der Waals surface area contributed by atoms with Gasteiger partial charge in [-0.3, -0.25) is 0 Å². The molecular formula is C28H31N3. The van der Waals surface area contributed by atoms with Gasteiger partial charge in [-0.1, -0.05) is 60.7 Å². The van der Waals surface area contributed by atoms with E-state index in [4.69, 9.17) is 4.98 Å². The predicted octanol–water partition coefficient (Wildman–Crippen LogP) is 6.28. The third-order valence-electron chi connectivity index (χ3n) is 7.06. The normalized spacial score (nSPS) is 15.0. The molecule has 0 radical (unpaired) electrons. The van der Waals surface area contributed by atoms with Crippen molar-refractivity contribution in [2.75, 3.05) is 18.0 Å². The van der Waals surface area contributed by atoms with Crippen LogP contribution in [0.3, 0.4) is 0 Å². The summed E-state index contributed by atoms with van der Waals surface area (Å²) in [5, 5.41) is 1.35. The second kappa shape index (κ2) is 8.58. The minimum absolute atomic E-state index is 0.657. The highest BCUT2D eigenvalue weighted by Crippen LogP contribution is 2.35. The Kier molecular flexibility index (Phi) is 5.50. The number of aryl methyl sites for hydroxylation is 3. The molecule has 0 spiro atoms. The van der Waals surface area contributed by atoms with Crippen LogP contribution in [0.4, 0.5) is 5.82 Å². The lowest BCUT2D eigenvalue weighted by atomic mass is 9.89. The number of pyridine rings is 1. The maximum Gasteiger partial charge on any atom is 0.153 e. The minimum atomic E-state index is 0.657. The van der Waals surface area contributed by atoms with Crippen LogP contribution in [0.2, 0.25) is 0 Å². The molecule has 0 saturated carbocycles. The van der Waals surface area contributed by atoms with Crippen LogP contribution in [-0.4, -0.2) is 22.6 Å². The largest absolute Gasteiger partial charge is 0.355 e. The summed E-state index contributed by atoms with van der Waals surface area (Å²) < 4.78 is 2.50. The van der Waals surface area contributed by atoms with Crippen LogP contribution < -0.4 is 4.90 Å². The molecule has 0 aliphatic carbocycles. The highest BCUT2D eigenvalue weighted by Gasteiger charge is 2.24. The number of hydrogen-bond donors (Lipinski definition) is 0. The molecular weight excluding hydrogens is 378 g/mol. The fourth-order valence-corrected chi connectivity index (χ4v) is 5.12. The molecule has 0 N–H and O–H groups in total. The quantitative estimate of drug-likeness (QED) is 0.387. The van der Waals surface area contributed by atoms with E-state index in [9.17, 15) is 0 Å². The lowest BCUT2D eigenvalue weighted by Gasteiger charge is -2.33. The fourth-order valence-electron chi connectivity index (χ4n) is 5.12. The molecule has 5 rings (SSSR count). The van der Waals surface area contributed by atoms with Crippen LogP contribution in [0.5, 0.6) is 0 Å². The molecule has 0 unspecified atom stereocenters. The Balaban J connectivity index is 1.43. The highest BCUT2D eigenvalue weighted by atomic mass is 15.2. The van der Waals surface area contributed by atoms with Crippen molar-refractivity contribution in [1.82, 2.24) is 9.55 Å². The van der Waals surface area contributed by atoms with E-state index in [1.54, 1.807) is 0 Å². The second-order valence-electron chi connectivity index (χ2n) is 8.80. The van der Waals surface area contributed by atoms with Crippen LogP contribution in [0, 0.1) is 13.8 Å². The molecule has 2 aromatic carbocycles. The topological polar surface area (TPSA) is 21.1 Å². The summed E-state index contributed by atoms with van der Waals surface area (Å²) in [5.74, 6) is 1.82.